The molecule has 1 rings (SSSR count). The van der Waals surface area contributed by atoms with Crippen LogP contribution >= 0.6 is 35.6 Å². The highest BCUT2D eigenvalue weighted by atomic mass is 35.5. The molecule has 0 aliphatic rings. The largest absolute Gasteiger partial charge is 0.482 e. The van der Waals surface area contributed by atoms with E-state index < -0.39 is 31.5 Å². The van der Waals surface area contributed by atoms with Gasteiger partial charge in [0, 0.05) is 11.1 Å². The normalized spacial score (nSPS) is 10.7. The smallest absolute Gasteiger partial charge is 0.277 e. The maximum Gasteiger partial charge on any atom is 0.277 e. The molecule has 3 N–H and O–H groups in total. The number of carbonyl (C=O) groups is 1. The molecular weight excluding hydrogens is 336 g/mol. The summed E-state index contributed by atoms with van der Waals surface area (Å²) in [6.07, 6.45) is 0. The summed E-state index contributed by atoms with van der Waals surface area (Å²) in [5, 5.41) is 2.66. The predicted molar refractivity (Wildman–Crippen MR) is 76.2 cm³/mol. The molecule has 0 unspecified atom stereocenters. The molecule has 1 aromatic carbocycles. The van der Waals surface area contributed by atoms with Crippen LogP contribution in [0.2, 0.25) is 10.0 Å². The van der Waals surface area contributed by atoms with E-state index >= 15 is 0 Å². The molecule has 114 valence electrons. The first-order chi connectivity index (χ1) is 8.84. The third kappa shape index (κ3) is 6.56. The van der Waals surface area contributed by atoms with Crippen LogP contribution in [0.3, 0.4) is 0 Å². The van der Waals surface area contributed by atoms with Crippen LogP contribution in [0.4, 0.5) is 8.78 Å². The van der Waals surface area contributed by atoms with Crippen LogP contribution in [0.1, 0.15) is 0 Å². The number of halogens is 5. The molecule has 20 heavy (non-hydrogen) atoms. The topological polar surface area (TPSA) is 64.3 Å². The molecule has 0 saturated heterocycles. The summed E-state index contributed by atoms with van der Waals surface area (Å²) >= 11 is 11.5. The Morgan fingerprint density at radius 3 is 2.65 bits per heavy atom. The van der Waals surface area contributed by atoms with Crippen molar-refractivity contribution < 1.29 is 18.3 Å². The van der Waals surface area contributed by atoms with E-state index in [4.69, 9.17) is 33.7 Å². The second kappa shape index (κ2) is 8.46. The van der Waals surface area contributed by atoms with Gasteiger partial charge in [0.15, 0.2) is 6.61 Å². The Hall–Kier alpha value is -0.820. The highest BCUT2D eigenvalue weighted by Crippen LogP contribution is 2.27. The van der Waals surface area contributed by atoms with Crippen LogP contribution in [-0.4, -0.2) is 31.5 Å². The van der Waals surface area contributed by atoms with Crippen molar-refractivity contribution in [1.82, 2.24) is 5.32 Å². The van der Waals surface area contributed by atoms with Gasteiger partial charge in [0.05, 0.1) is 18.1 Å². The third-order valence-corrected chi connectivity index (χ3v) is 2.64. The van der Waals surface area contributed by atoms with Gasteiger partial charge in [-0.25, -0.2) is 8.78 Å². The van der Waals surface area contributed by atoms with E-state index in [2.05, 4.69) is 0 Å². The highest BCUT2D eigenvalue weighted by molar-refractivity contribution is 6.34. The zero-order valence-electron chi connectivity index (χ0n) is 10.2. The minimum absolute atomic E-state index is 0. The number of hydrogen-bond donors (Lipinski definition) is 2. The first-order valence-corrected chi connectivity index (χ1v) is 6.02. The molecular formula is C11H13Cl3F2N2O2. The summed E-state index contributed by atoms with van der Waals surface area (Å²) < 4.78 is 30.6. The van der Waals surface area contributed by atoms with E-state index in [9.17, 15) is 13.6 Å². The lowest BCUT2D eigenvalue weighted by atomic mass is 10.3. The van der Waals surface area contributed by atoms with Crippen molar-refractivity contribution in [3.05, 3.63) is 28.2 Å². The van der Waals surface area contributed by atoms with Crippen molar-refractivity contribution in [1.29, 1.82) is 0 Å². The first kappa shape index (κ1) is 19.2. The van der Waals surface area contributed by atoms with E-state index in [0.29, 0.717) is 5.02 Å². The number of rotatable bonds is 6. The molecule has 1 aromatic rings. The average molecular weight is 350 g/mol. The zero-order chi connectivity index (χ0) is 14.5. The van der Waals surface area contributed by atoms with Crippen LogP contribution in [0.25, 0.3) is 0 Å². The van der Waals surface area contributed by atoms with Crippen molar-refractivity contribution in [3.8, 4) is 5.75 Å². The fourth-order valence-corrected chi connectivity index (χ4v) is 1.42. The SMILES string of the molecule is Cl.NCC(F)(F)CNC(=O)COc1cc(Cl)ccc1Cl. The number of nitrogens with one attached hydrogen (secondary N) is 1. The summed E-state index contributed by atoms with van der Waals surface area (Å²) in [5.74, 6) is -3.64. The van der Waals surface area contributed by atoms with Crippen LogP contribution in [0.15, 0.2) is 18.2 Å². The van der Waals surface area contributed by atoms with Gasteiger partial charge in [0.25, 0.3) is 11.8 Å². The molecule has 0 heterocycles. The molecule has 1 amide bonds. The van der Waals surface area contributed by atoms with Gasteiger partial charge in [-0.05, 0) is 12.1 Å². The van der Waals surface area contributed by atoms with E-state index in [0.717, 1.165) is 0 Å². The molecule has 0 fully saturated rings. The molecule has 0 saturated carbocycles. The Balaban J connectivity index is 0.00000361. The molecule has 0 spiro atoms. The Labute approximate surface area is 131 Å². The Morgan fingerprint density at radius 1 is 1.40 bits per heavy atom. The second-order valence-corrected chi connectivity index (χ2v) is 4.54. The number of benzene rings is 1. The van der Waals surface area contributed by atoms with E-state index in [1.54, 1.807) is 6.07 Å². The number of alkyl halides is 2. The van der Waals surface area contributed by atoms with Gasteiger partial charge in [0.1, 0.15) is 5.75 Å². The lowest BCUT2D eigenvalue weighted by molar-refractivity contribution is -0.124. The van der Waals surface area contributed by atoms with Crippen molar-refractivity contribution in [2.24, 2.45) is 5.73 Å². The van der Waals surface area contributed by atoms with Crippen molar-refractivity contribution in [3.63, 3.8) is 0 Å². The highest BCUT2D eigenvalue weighted by Gasteiger charge is 2.27. The van der Waals surface area contributed by atoms with Crippen LogP contribution in [0.5, 0.6) is 5.75 Å². The third-order valence-electron chi connectivity index (χ3n) is 2.09. The fourth-order valence-electron chi connectivity index (χ4n) is 1.08. The van der Waals surface area contributed by atoms with E-state index in [1.165, 1.54) is 12.1 Å². The van der Waals surface area contributed by atoms with Crippen LogP contribution in [0, 0.1) is 0 Å². The van der Waals surface area contributed by atoms with Gasteiger partial charge in [-0.3, -0.25) is 4.79 Å². The van der Waals surface area contributed by atoms with Crippen LogP contribution < -0.4 is 15.8 Å². The van der Waals surface area contributed by atoms with Gasteiger partial charge >= 0.3 is 0 Å². The number of nitrogens with two attached hydrogens (primary N) is 1. The minimum atomic E-state index is -3.14. The monoisotopic (exact) mass is 348 g/mol. The Bertz CT molecular complexity index is 461. The molecule has 0 aliphatic heterocycles. The summed E-state index contributed by atoms with van der Waals surface area (Å²) in [7, 11) is 0. The van der Waals surface area contributed by atoms with Crippen molar-refractivity contribution >= 4 is 41.5 Å². The lowest BCUT2D eigenvalue weighted by Gasteiger charge is -2.14. The Morgan fingerprint density at radius 2 is 2.05 bits per heavy atom. The number of carbonyl (C=O) groups excluding carboxylic acids is 1. The molecule has 0 bridgehead atoms. The fraction of sp³-hybridized carbons (Fsp3) is 0.364. The second-order valence-electron chi connectivity index (χ2n) is 3.70. The van der Waals surface area contributed by atoms with E-state index in [1.807, 2.05) is 5.32 Å². The molecule has 0 aliphatic carbocycles. The average Bonchev–Trinajstić information content (AvgIpc) is 2.37. The van der Waals surface area contributed by atoms with Crippen molar-refractivity contribution in [2.45, 2.75) is 5.92 Å². The standard InChI is InChI=1S/C11H12Cl2F2N2O2.ClH/c12-7-1-2-8(13)9(3-7)19-4-10(18)17-6-11(14,15)5-16;/h1-3H,4-6,16H2,(H,17,18);1H. The lowest BCUT2D eigenvalue weighted by Crippen LogP contribution is -2.43. The van der Waals surface area contributed by atoms with E-state index in [-0.39, 0.29) is 23.2 Å². The summed E-state index contributed by atoms with van der Waals surface area (Å²) in [4.78, 5) is 11.3. The number of ether oxygens (including phenoxy) is 1. The molecule has 0 atom stereocenters. The minimum Gasteiger partial charge on any atom is -0.482 e. The van der Waals surface area contributed by atoms with Gasteiger partial charge in [0.2, 0.25) is 0 Å². The van der Waals surface area contributed by atoms with Gasteiger partial charge < -0.3 is 15.8 Å². The summed E-state index contributed by atoms with van der Waals surface area (Å²) in [5.41, 5.74) is 4.83. The first-order valence-electron chi connectivity index (χ1n) is 5.26. The predicted octanol–water partition coefficient (Wildman–Crippen LogP) is 2.50. The van der Waals surface area contributed by atoms with Gasteiger partial charge in [-0.1, -0.05) is 23.2 Å². The molecule has 0 radical (unpaired) electrons. The summed E-state index contributed by atoms with van der Waals surface area (Å²) in [6.45, 7) is -2.12. The summed E-state index contributed by atoms with van der Waals surface area (Å²) in [6, 6.07) is 4.48. The zero-order valence-corrected chi connectivity index (χ0v) is 12.5. The van der Waals surface area contributed by atoms with Crippen LogP contribution in [-0.2, 0) is 4.79 Å². The quantitative estimate of drug-likeness (QED) is 0.829. The maximum absolute atomic E-state index is 12.8. The molecule has 9 heteroatoms. The molecule has 0 aromatic heterocycles. The maximum atomic E-state index is 12.8. The molecule has 4 nitrogen and oxygen atoms in total. The number of hydrogen-bond acceptors (Lipinski definition) is 3. The van der Waals surface area contributed by atoms with Gasteiger partial charge in [-0.2, -0.15) is 0 Å². The van der Waals surface area contributed by atoms with Gasteiger partial charge in [-0.15, -0.1) is 12.4 Å². The number of amides is 1. The van der Waals surface area contributed by atoms with Crippen molar-refractivity contribution in [2.75, 3.05) is 19.7 Å². The Kier molecular flexibility index (Phi) is 8.12.